The lowest BCUT2D eigenvalue weighted by atomic mass is 10.0. The summed E-state index contributed by atoms with van der Waals surface area (Å²) >= 11 is 0. The zero-order valence-electron chi connectivity index (χ0n) is 22.0. The van der Waals surface area contributed by atoms with Gasteiger partial charge in [-0.3, -0.25) is 9.59 Å². The molecule has 0 aromatic heterocycles. The molecule has 0 aromatic carbocycles. The molecular weight excluding hydrogens is 434 g/mol. The molecule has 3 unspecified atom stereocenters. The third kappa shape index (κ3) is 15.1. The molecule has 198 valence electrons. The molecule has 0 fully saturated rings. The van der Waals surface area contributed by atoms with Crippen LogP contribution in [-0.4, -0.2) is 58.8 Å². The normalized spacial score (nSPS) is 16.1. The van der Waals surface area contributed by atoms with Gasteiger partial charge >= 0.3 is 11.9 Å². The van der Waals surface area contributed by atoms with Gasteiger partial charge in [-0.15, -0.1) is 0 Å². The van der Waals surface area contributed by atoms with Crippen LogP contribution in [0, 0.1) is 17.8 Å². The number of carboxylic acid groups (broad SMARTS) is 3. The van der Waals surface area contributed by atoms with E-state index in [1.54, 1.807) is 20.8 Å². The van der Waals surface area contributed by atoms with E-state index >= 15 is 0 Å². The van der Waals surface area contributed by atoms with E-state index in [-0.39, 0.29) is 0 Å². The highest BCUT2D eigenvalue weighted by molar-refractivity contribution is 5.69. The maximum Gasteiger partial charge on any atom is 0.306 e. The summed E-state index contributed by atoms with van der Waals surface area (Å²) in [4.78, 5) is 34.1. The van der Waals surface area contributed by atoms with Gasteiger partial charge in [-0.05, 0) is 18.9 Å². The van der Waals surface area contributed by atoms with E-state index in [4.69, 9.17) is 0 Å². The fourth-order valence-corrected chi connectivity index (χ4v) is 4.01. The number of rotatable bonds is 22. The standard InChI is InChI=1S/C27H49NO6/c1-5-6-7-8-9-10-11-12-13-14-18-28(19-15-22(2)25(29)30,20-16-23(3)26(31)32)21-17-24(4)27(33)34/h13-14,22-24H,5-12,15-21H2,1-4H3,(H2-,29,30,31,32,33,34)/b14-13+. The van der Waals surface area contributed by atoms with Crippen LogP contribution in [0.3, 0.4) is 0 Å². The number of allylic oxidation sites excluding steroid dienone is 1. The van der Waals surface area contributed by atoms with Gasteiger partial charge in [-0.25, -0.2) is 0 Å². The molecule has 0 spiro atoms. The minimum atomic E-state index is -1.09. The first-order valence-corrected chi connectivity index (χ1v) is 13.2. The fraction of sp³-hybridized carbons (Fsp3) is 0.815. The maximum atomic E-state index is 11.4. The lowest BCUT2D eigenvalue weighted by Crippen LogP contribution is -2.52. The lowest BCUT2D eigenvalue weighted by Gasteiger charge is -2.40. The van der Waals surface area contributed by atoms with Crippen molar-refractivity contribution in [2.75, 3.05) is 26.2 Å². The maximum absolute atomic E-state index is 11.4. The van der Waals surface area contributed by atoms with Gasteiger partial charge in [0.05, 0.1) is 38.0 Å². The Balaban J connectivity index is 5.20. The summed E-state index contributed by atoms with van der Waals surface area (Å²) in [5, 5.41) is 30.0. The Bertz CT molecular complexity index is 558. The third-order valence-electron chi connectivity index (χ3n) is 6.99. The van der Waals surface area contributed by atoms with Gasteiger partial charge < -0.3 is 24.6 Å². The van der Waals surface area contributed by atoms with Gasteiger partial charge in [0.25, 0.3) is 0 Å². The van der Waals surface area contributed by atoms with Crippen molar-refractivity contribution >= 4 is 17.9 Å². The van der Waals surface area contributed by atoms with Crippen LogP contribution in [0.25, 0.3) is 0 Å². The summed E-state index contributed by atoms with van der Waals surface area (Å²) in [5.74, 6) is -4.42. The molecule has 2 N–H and O–H groups in total. The van der Waals surface area contributed by atoms with Crippen LogP contribution >= 0.6 is 0 Å². The lowest BCUT2D eigenvalue weighted by molar-refractivity contribution is -0.924. The minimum absolute atomic E-state index is 0.414. The predicted octanol–water partition coefficient (Wildman–Crippen LogP) is 4.50. The van der Waals surface area contributed by atoms with E-state index in [2.05, 4.69) is 19.1 Å². The second-order valence-electron chi connectivity index (χ2n) is 10.1. The molecule has 0 rings (SSSR count). The summed E-state index contributed by atoms with van der Waals surface area (Å²) in [6, 6.07) is 0. The van der Waals surface area contributed by atoms with Crippen LogP contribution in [0.1, 0.15) is 98.3 Å². The van der Waals surface area contributed by atoms with Crippen LogP contribution < -0.4 is 5.11 Å². The Morgan fingerprint density at radius 3 is 1.62 bits per heavy atom. The van der Waals surface area contributed by atoms with Crippen molar-refractivity contribution in [3.8, 4) is 0 Å². The number of carbonyl (C=O) groups is 3. The van der Waals surface area contributed by atoms with Crippen molar-refractivity contribution in [2.24, 2.45) is 17.8 Å². The molecule has 0 aromatic rings. The van der Waals surface area contributed by atoms with Crippen molar-refractivity contribution in [1.29, 1.82) is 0 Å². The smallest absolute Gasteiger partial charge is 0.306 e. The number of hydrogen-bond acceptors (Lipinski definition) is 4. The van der Waals surface area contributed by atoms with Crippen LogP contribution in [0.2, 0.25) is 0 Å². The number of carbonyl (C=O) groups excluding carboxylic acids is 1. The van der Waals surface area contributed by atoms with E-state index in [0.717, 1.165) is 12.8 Å². The number of aliphatic carboxylic acids is 3. The molecule has 7 heteroatoms. The van der Waals surface area contributed by atoms with E-state index in [1.165, 1.54) is 38.5 Å². The largest absolute Gasteiger partial charge is 0.550 e. The summed E-state index contributed by atoms with van der Waals surface area (Å²) in [6.07, 6.45) is 15.4. The Morgan fingerprint density at radius 1 is 0.735 bits per heavy atom. The van der Waals surface area contributed by atoms with Crippen molar-refractivity contribution in [3.05, 3.63) is 12.2 Å². The number of unbranched alkanes of at least 4 members (excludes halogenated alkanes) is 7. The monoisotopic (exact) mass is 483 g/mol. The zero-order chi connectivity index (χ0) is 26.0. The molecule has 0 radical (unpaired) electrons. The summed E-state index contributed by atoms with van der Waals surface area (Å²) in [5.41, 5.74) is 0. The summed E-state index contributed by atoms with van der Waals surface area (Å²) < 4.78 is 0.500. The van der Waals surface area contributed by atoms with E-state index in [9.17, 15) is 29.7 Å². The SMILES string of the molecule is CCCCCCCCC/C=C/C[N+](CCC(C)C(=O)[O-])(CCC(C)C(=O)O)CCC(C)C(=O)O. The molecule has 0 bridgehead atoms. The Kier molecular flexibility index (Phi) is 17.4. The summed E-state index contributed by atoms with van der Waals surface area (Å²) in [7, 11) is 0. The first kappa shape index (κ1) is 32.1. The molecule has 34 heavy (non-hydrogen) atoms. The van der Waals surface area contributed by atoms with E-state index in [0.29, 0.717) is 49.9 Å². The fourth-order valence-electron chi connectivity index (χ4n) is 4.01. The van der Waals surface area contributed by atoms with Gasteiger partial charge in [0.15, 0.2) is 0 Å². The van der Waals surface area contributed by atoms with Gasteiger partial charge in [-0.1, -0.05) is 72.3 Å². The Hall–Kier alpha value is -1.89. The number of nitrogens with zero attached hydrogens (tertiary/aromatic N) is 1. The molecule has 0 saturated heterocycles. The molecule has 3 atom stereocenters. The van der Waals surface area contributed by atoms with E-state index < -0.39 is 35.7 Å². The average molecular weight is 484 g/mol. The third-order valence-corrected chi connectivity index (χ3v) is 6.99. The van der Waals surface area contributed by atoms with Crippen LogP contribution in [0.4, 0.5) is 0 Å². The van der Waals surface area contributed by atoms with Crippen LogP contribution in [0.5, 0.6) is 0 Å². The van der Waals surface area contributed by atoms with Gasteiger partial charge in [0.2, 0.25) is 0 Å². The van der Waals surface area contributed by atoms with Crippen molar-refractivity contribution < 1.29 is 34.2 Å². The topological polar surface area (TPSA) is 115 Å². The first-order valence-electron chi connectivity index (χ1n) is 13.2. The zero-order valence-corrected chi connectivity index (χ0v) is 22.0. The first-order chi connectivity index (χ1) is 16.0. The quantitative estimate of drug-likeness (QED) is 0.133. The second kappa shape index (κ2) is 18.4. The summed E-state index contributed by atoms with van der Waals surface area (Å²) in [6.45, 7) is 9.54. The molecular formula is C27H49NO6. The predicted molar refractivity (Wildman–Crippen MR) is 133 cm³/mol. The van der Waals surface area contributed by atoms with Crippen LogP contribution in [0.15, 0.2) is 12.2 Å². The van der Waals surface area contributed by atoms with E-state index in [1.807, 2.05) is 0 Å². The van der Waals surface area contributed by atoms with Gasteiger partial charge in [0.1, 0.15) is 0 Å². The number of quaternary nitrogens is 1. The van der Waals surface area contributed by atoms with Crippen LogP contribution in [-0.2, 0) is 14.4 Å². The molecule has 0 amide bonds. The highest BCUT2D eigenvalue weighted by Gasteiger charge is 2.30. The average Bonchev–Trinajstić information content (AvgIpc) is 2.79. The Labute approximate surface area is 206 Å². The van der Waals surface area contributed by atoms with Crippen molar-refractivity contribution in [1.82, 2.24) is 0 Å². The van der Waals surface area contributed by atoms with Gasteiger partial charge in [-0.2, -0.15) is 0 Å². The van der Waals surface area contributed by atoms with Crippen molar-refractivity contribution in [2.45, 2.75) is 98.3 Å². The minimum Gasteiger partial charge on any atom is -0.550 e. The van der Waals surface area contributed by atoms with Gasteiger partial charge in [0, 0.05) is 31.1 Å². The highest BCUT2D eigenvalue weighted by atomic mass is 16.4. The molecule has 0 saturated carbocycles. The molecule has 7 nitrogen and oxygen atoms in total. The van der Waals surface area contributed by atoms with Crippen molar-refractivity contribution in [3.63, 3.8) is 0 Å². The Morgan fingerprint density at radius 2 is 1.18 bits per heavy atom. The number of carboxylic acids is 3. The second-order valence-corrected chi connectivity index (χ2v) is 10.1. The molecule has 0 heterocycles. The number of hydrogen-bond donors (Lipinski definition) is 2. The molecule has 0 aliphatic heterocycles. The molecule has 0 aliphatic rings. The molecule has 0 aliphatic carbocycles. The highest BCUT2D eigenvalue weighted by Crippen LogP contribution is 2.20.